The van der Waals surface area contributed by atoms with Gasteiger partial charge in [0.05, 0.1) is 19.9 Å². The van der Waals surface area contributed by atoms with Crippen molar-refractivity contribution in [2.24, 2.45) is 5.10 Å². The highest BCUT2D eigenvalue weighted by molar-refractivity contribution is 6.44. The van der Waals surface area contributed by atoms with Crippen LogP contribution in [0.15, 0.2) is 90.0 Å². The van der Waals surface area contributed by atoms with Gasteiger partial charge in [-0.25, -0.2) is 5.01 Å². The molecule has 4 aromatic rings. The number of nitrogens with zero attached hydrogens (tertiary/aromatic N) is 3. The molecule has 4 aromatic carbocycles. The van der Waals surface area contributed by atoms with Crippen molar-refractivity contribution >= 4 is 57.8 Å². The number of ether oxygens (including phenoxy) is 3. The molecule has 1 aliphatic heterocycles. The summed E-state index contributed by atoms with van der Waals surface area (Å²) in [6, 6.07) is 25.6. The fourth-order valence-corrected chi connectivity index (χ4v) is 5.18. The number of carbonyl (C=O) groups excluding carboxylic acids is 1. The topological polar surface area (TPSA) is 63.6 Å². The van der Waals surface area contributed by atoms with Crippen LogP contribution in [0.2, 0.25) is 15.1 Å². The SMILES string of the molecule is COc1ccc(N2C(C(C)=O)=NN(c3ccc(Cl)cc3)C2c2ccc(OCc3c(Cl)cccc3Cl)c(OC)c2)cc1. The first-order chi connectivity index (χ1) is 19.8. The molecule has 5 rings (SSSR count). The number of benzene rings is 4. The molecule has 1 aliphatic rings. The minimum atomic E-state index is -0.538. The summed E-state index contributed by atoms with van der Waals surface area (Å²) in [5.41, 5.74) is 2.99. The van der Waals surface area contributed by atoms with Crippen molar-refractivity contribution in [2.75, 3.05) is 24.1 Å². The Kier molecular flexibility index (Phi) is 8.59. The number of hydrogen-bond donors (Lipinski definition) is 0. The van der Waals surface area contributed by atoms with Crippen LogP contribution in [0, 0.1) is 0 Å². The Balaban J connectivity index is 1.57. The maximum Gasteiger partial charge on any atom is 0.198 e. The molecule has 0 aromatic heterocycles. The van der Waals surface area contributed by atoms with E-state index in [0.717, 1.165) is 16.9 Å². The third-order valence-corrected chi connectivity index (χ3v) is 7.54. The fraction of sp³-hybridized carbons (Fsp3) is 0.161. The average Bonchev–Trinajstić information content (AvgIpc) is 3.38. The first kappa shape index (κ1) is 28.6. The van der Waals surface area contributed by atoms with Crippen LogP contribution in [0.25, 0.3) is 0 Å². The normalized spacial score (nSPS) is 14.6. The zero-order valence-corrected chi connectivity index (χ0v) is 24.7. The second-order valence-electron chi connectivity index (χ2n) is 9.14. The molecule has 7 nitrogen and oxygen atoms in total. The van der Waals surface area contributed by atoms with Gasteiger partial charge in [0.2, 0.25) is 0 Å². The molecule has 0 N–H and O–H groups in total. The number of ketones is 1. The van der Waals surface area contributed by atoms with Crippen molar-refractivity contribution in [3.8, 4) is 17.2 Å². The Morgan fingerprint density at radius 3 is 2.10 bits per heavy atom. The van der Waals surface area contributed by atoms with E-state index in [9.17, 15) is 4.79 Å². The van der Waals surface area contributed by atoms with Gasteiger partial charge in [-0.15, -0.1) is 5.10 Å². The van der Waals surface area contributed by atoms with Crippen LogP contribution in [0.1, 0.15) is 24.2 Å². The van der Waals surface area contributed by atoms with Gasteiger partial charge in [-0.05, 0) is 72.8 Å². The first-order valence-corrected chi connectivity index (χ1v) is 13.8. The van der Waals surface area contributed by atoms with E-state index in [1.165, 1.54) is 6.92 Å². The van der Waals surface area contributed by atoms with E-state index in [1.54, 1.807) is 49.6 Å². The third kappa shape index (κ3) is 5.93. The van der Waals surface area contributed by atoms with E-state index in [0.29, 0.717) is 37.9 Å². The van der Waals surface area contributed by atoms with Crippen molar-refractivity contribution in [3.63, 3.8) is 0 Å². The largest absolute Gasteiger partial charge is 0.497 e. The van der Waals surface area contributed by atoms with Gasteiger partial charge < -0.3 is 14.2 Å². The smallest absolute Gasteiger partial charge is 0.198 e. The number of Topliss-reactive ketones (excluding diaryl/α,β-unsaturated/α-hetero) is 1. The summed E-state index contributed by atoms with van der Waals surface area (Å²) in [5, 5.41) is 8.18. The Morgan fingerprint density at radius 1 is 0.829 bits per heavy atom. The standard InChI is InChI=1S/C31H26Cl3N3O4/c1-19(38)30-35-37(23-10-8-21(32)9-11-23)31(36(30)22-12-14-24(39-2)15-13-22)20-7-16-28(29(17-20)40-3)41-18-25-26(33)5-4-6-27(25)34/h4-17,31H,18H2,1-3H3. The summed E-state index contributed by atoms with van der Waals surface area (Å²) in [6.07, 6.45) is -0.538. The summed E-state index contributed by atoms with van der Waals surface area (Å²) >= 11 is 18.8. The lowest BCUT2D eigenvalue weighted by Gasteiger charge is -2.32. The molecule has 0 saturated carbocycles. The van der Waals surface area contributed by atoms with Crippen molar-refractivity contribution in [1.29, 1.82) is 0 Å². The van der Waals surface area contributed by atoms with Gasteiger partial charge in [0.1, 0.15) is 12.4 Å². The molecule has 0 saturated heterocycles. The van der Waals surface area contributed by atoms with E-state index < -0.39 is 6.17 Å². The van der Waals surface area contributed by atoms with Gasteiger partial charge in [-0.3, -0.25) is 9.69 Å². The number of methoxy groups -OCH3 is 2. The number of carbonyl (C=O) groups is 1. The van der Waals surface area contributed by atoms with E-state index in [4.69, 9.17) is 54.1 Å². The van der Waals surface area contributed by atoms with Crippen LogP contribution in [0.4, 0.5) is 11.4 Å². The molecule has 10 heteroatoms. The number of anilines is 2. The highest BCUT2D eigenvalue weighted by atomic mass is 35.5. The zero-order chi connectivity index (χ0) is 29.1. The molecule has 1 heterocycles. The molecule has 41 heavy (non-hydrogen) atoms. The summed E-state index contributed by atoms with van der Waals surface area (Å²) in [6.45, 7) is 1.65. The van der Waals surface area contributed by atoms with Gasteiger partial charge in [0, 0.05) is 38.8 Å². The van der Waals surface area contributed by atoms with Crippen LogP contribution in [-0.4, -0.2) is 25.8 Å². The monoisotopic (exact) mass is 609 g/mol. The lowest BCUT2D eigenvalue weighted by molar-refractivity contribution is -0.111. The fourth-order valence-electron chi connectivity index (χ4n) is 4.54. The quantitative estimate of drug-likeness (QED) is 0.190. The predicted octanol–water partition coefficient (Wildman–Crippen LogP) is 8.17. The van der Waals surface area contributed by atoms with Gasteiger partial charge in [0.25, 0.3) is 0 Å². The van der Waals surface area contributed by atoms with E-state index in [1.807, 2.05) is 59.5 Å². The molecule has 1 atom stereocenters. The molecular weight excluding hydrogens is 585 g/mol. The van der Waals surface area contributed by atoms with Crippen molar-refractivity contribution in [2.45, 2.75) is 19.7 Å². The minimum Gasteiger partial charge on any atom is -0.497 e. The number of rotatable bonds is 9. The van der Waals surface area contributed by atoms with Crippen molar-refractivity contribution < 1.29 is 19.0 Å². The summed E-state index contributed by atoms with van der Waals surface area (Å²) in [5.74, 6) is 1.79. The average molecular weight is 611 g/mol. The van der Waals surface area contributed by atoms with Gasteiger partial charge in [-0.1, -0.05) is 46.9 Å². The lowest BCUT2D eigenvalue weighted by atomic mass is 10.1. The number of hydrogen-bond acceptors (Lipinski definition) is 7. The molecule has 210 valence electrons. The van der Waals surface area contributed by atoms with Crippen molar-refractivity contribution in [3.05, 3.63) is 111 Å². The Labute approximate surface area is 253 Å². The first-order valence-electron chi connectivity index (χ1n) is 12.6. The molecule has 0 aliphatic carbocycles. The summed E-state index contributed by atoms with van der Waals surface area (Å²) in [7, 11) is 3.17. The van der Waals surface area contributed by atoms with Crippen LogP contribution >= 0.6 is 34.8 Å². The van der Waals surface area contributed by atoms with Crippen LogP contribution in [0.3, 0.4) is 0 Å². The highest BCUT2D eigenvalue weighted by Gasteiger charge is 2.39. The van der Waals surface area contributed by atoms with E-state index in [2.05, 4.69) is 0 Å². The van der Waals surface area contributed by atoms with E-state index >= 15 is 0 Å². The predicted molar refractivity (Wildman–Crippen MR) is 164 cm³/mol. The molecule has 0 fully saturated rings. The molecule has 1 unspecified atom stereocenters. The summed E-state index contributed by atoms with van der Waals surface area (Å²) < 4.78 is 17.2. The molecular formula is C31H26Cl3N3O4. The Hall–Kier alpha value is -3.91. The second kappa shape index (κ2) is 12.3. The van der Waals surface area contributed by atoms with Gasteiger partial charge in [0.15, 0.2) is 29.3 Å². The Bertz CT molecular complexity index is 1570. The zero-order valence-electron chi connectivity index (χ0n) is 22.5. The lowest BCUT2D eigenvalue weighted by Crippen LogP contribution is -2.37. The van der Waals surface area contributed by atoms with Crippen LogP contribution in [-0.2, 0) is 11.4 Å². The van der Waals surface area contributed by atoms with Crippen molar-refractivity contribution in [1.82, 2.24) is 0 Å². The highest BCUT2D eigenvalue weighted by Crippen LogP contribution is 2.42. The number of halogens is 3. The summed E-state index contributed by atoms with van der Waals surface area (Å²) in [4.78, 5) is 14.8. The van der Waals surface area contributed by atoms with Gasteiger partial charge >= 0.3 is 0 Å². The third-order valence-electron chi connectivity index (χ3n) is 6.58. The van der Waals surface area contributed by atoms with E-state index in [-0.39, 0.29) is 18.2 Å². The van der Waals surface area contributed by atoms with Crippen LogP contribution in [0.5, 0.6) is 17.2 Å². The number of hydrazone groups is 1. The van der Waals surface area contributed by atoms with Gasteiger partial charge in [-0.2, -0.15) is 0 Å². The maximum absolute atomic E-state index is 12.9. The van der Waals surface area contributed by atoms with Crippen LogP contribution < -0.4 is 24.1 Å². The minimum absolute atomic E-state index is 0.157. The molecule has 0 spiro atoms. The Morgan fingerprint density at radius 2 is 1.49 bits per heavy atom. The number of amidine groups is 1. The second-order valence-corrected chi connectivity index (χ2v) is 10.4. The maximum atomic E-state index is 12.9. The molecule has 0 bridgehead atoms. The molecule has 0 radical (unpaired) electrons. The molecule has 0 amide bonds.